The Morgan fingerprint density at radius 2 is 2.12 bits per heavy atom. The molecule has 2 unspecified atom stereocenters. The molecule has 0 N–H and O–H groups in total. The van der Waals surface area contributed by atoms with Crippen LogP contribution in [0.5, 0.6) is 0 Å². The molecule has 0 heterocycles. The van der Waals surface area contributed by atoms with Gasteiger partial charge in [0.25, 0.3) is 0 Å². The molecule has 0 rings (SSSR count). The van der Waals surface area contributed by atoms with E-state index >= 15 is 0 Å². The fraction of sp³-hybridized carbons (Fsp3) is 0.667. The first-order valence-electron chi connectivity index (χ1n) is 2.48. The Hall–Kier alpha value is -1.02. The van der Waals surface area contributed by atoms with Crippen LogP contribution in [0.3, 0.4) is 0 Å². The van der Waals surface area contributed by atoms with E-state index in [9.17, 15) is 0 Å². The third kappa shape index (κ3) is 1.62. The van der Waals surface area contributed by atoms with Crippen molar-refractivity contribution in [1.82, 2.24) is 0 Å². The second-order valence-corrected chi connectivity index (χ2v) is 1.79. The Labute approximate surface area is 49.6 Å². The maximum absolute atomic E-state index is 8.24. The third-order valence-corrected chi connectivity index (χ3v) is 1.13. The zero-order chi connectivity index (χ0) is 6.57. The molecule has 0 aliphatic rings. The topological polar surface area (TPSA) is 28.1 Å². The van der Waals surface area contributed by atoms with Crippen molar-refractivity contribution >= 4 is 0 Å². The Bertz CT molecular complexity index is 120. The van der Waals surface area contributed by atoms with Crippen molar-refractivity contribution in [2.45, 2.75) is 19.9 Å². The number of rotatable bonds is 1. The Morgan fingerprint density at radius 1 is 1.62 bits per heavy atom. The average molecular weight is 108 g/mol. The van der Waals surface area contributed by atoms with E-state index in [4.69, 9.17) is 11.8 Å². The van der Waals surface area contributed by atoms with Gasteiger partial charge >= 0.3 is 0 Å². The van der Waals surface area contributed by atoms with Crippen LogP contribution < -0.4 is 0 Å². The third-order valence-electron chi connectivity index (χ3n) is 1.13. The normalized spacial score (nSPS) is 15.5. The van der Waals surface area contributed by atoms with Gasteiger partial charge < -0.3 is 4.85 Å². The average Bonchev–Trinajstić information content (AvgIpc) is 1.84. The number of hydrogen-bond acceptors (Lipinski definition) is 1. The molecule has 0 aromatic rings. The van der Waals surface area contributed by atoms with E-state index in [2.05, 4.69) is 4.85 Å². The van der Waals surface area contributed by atoms with Crippen LogP contribution >= 0.6 is 0 Å². The second kappa shape index (κ2) is 3.04. The number of nitrogens with zero attached hydrogens (tertiary/aromatic N) is 2. The zero-order valence-corrected chi connectivity index (χ0v) is 5.05. The Kier molecular flexibility index (Phi) is 2.66. The number of nitriles is 1. The molecule has 0 aliphatic carbocycles. The molecule has 0 amide bonds. The molecule has 0 saturated heterocycles. The van der Waals surface area contributed by atoms with Gasteiger partial charge in [-0.1, -0.05) is 0 Å². The van der Waals surface area contributed by atoms with Crippen LogP contribution in [0.2, 0.25) is 0 Å². The summed E-state index contributed by atoms with van der Waals surface area (Å²) >= 11 is 0. The van der Waals surface area contributed by atoms with Gasteiger partial charge in [0.2, 0.25) is 6.04 Å². The maximum atomic E-state index is 8.24. The largest absolute Gasteiger partial charge is 0.313 e. The van der Waals surface area contributed by atoms with Crippen LogP contribution in [0.4, 0.5) is 0 Å². The van der Waals surface area contributed by atoms with E-state index in [0.717, 1.165) is 0 Å². The molecule has 2 atom stereocenters. The quantitative estimate of drug-likeness (QED) is 0.467. The molecule has 0 aromatic carbocycles. The standard InChI is InChI=1S/C6H8N2/c1-5(4-7)6(2)8-3/h5-6H,1-2H3. The summed E-state index contributed by atoms with van der Waals surface area (Å²) in [5.41, 5.74) is 0. The highest BCUT2D eigenvalue weighted by molar-refractivity contribution is 4.91. The maximum Gasteiger partial charge on any atom is 0.236 e. The molecule has 42 valence electrons. The summed E-state index contributed by atoms with van der Waals surface area (Å²) < 4.78 is 0. The van der Waals surface area contributed by atoms with Gasteiger partial charge in [-0.25, -0.2) is 6.57 Å². The summed E-state index contributed by atoms with van der Waals surface area (Å²) in [6.45, 7) is 10.0. The Morgan fingerprint density at radius 3 is 2.25 bits per heavy atom. The zero-order valence-electron chi connectivity index (χ0n) is 5.05. The predicted molar refractivity (Wildman–Crippen MR) is 30.8 cm³/mol. The summed E-state index contributed by atoms with van der Waals surface area (Å²) in [5, 5.41) is 8.24. The van der Waals surface area contributed by atoms with Crippen molar-refractivity contribution in [3.05, 3.63) is 11.4 Å². The molecular weight excluding hydrogens is 100 g/mol. The van der Waals surface area contributed by atoms with Crippen molar-refractivity contribution in [2.75, 3.05) is 0 Å². The van der Waals surface area contributed by atoms with E-state index < -0.39 is 0 Å². The lowest BCUT2D eigenvalue weighted by atomic mass is 10.1. The minimum absolute atomic E-state index is 0.132. The molecule has 2 nitrogen and oxygen atoms in total. The molecule has 0 saturated carbocycles. The molecule has 0 bridgehead atoms. The van der Waals surface area contributed by atoms with Crippen LogP contribution in [0.1, 0.15) is 13.8 Å². The van der Waals surface area contributed by atoms with Gasteiger partial charge in [-0.15, -0.1) is 0 Å². The summed E-state index contributed by atoms with van der Waals surface area (Å²) in [6.07, 6.45) is 0. The van der Waals surface area contributed by atoms with Crippen LogP contribution in [-0.4, -0.2) is 6.04 Å². The van der Waals surface area contributed by atoms with Gasteiger partial charge in [-0.05, 0) is 6.92 Å². The lowest BCUT2D eigenvalue weighted by Crippen LogP contribution is -2.05. The van der Waals surface area contributed by atoms with Gasteiger partial charge in [-0.2, -0.15) is 5.26 Å². The van der Waals surface area contributed by atoms with Gasteiger partial charge in [-0.3, -0.25) is 0 Å². The molecular formula is C6H8N2. The van der Waals surface area contributed by atoms with Crippen molar-refractivity contribution in [2.24, 2.45) is 5.92 Å². The second-order valence-electron chi connectivity index (χ2n) is 1.79. The van der Waals surface area contributed by atoms with Gasteiger partial charge in [0, 0.05) is 6.92 Å². The fourth-order valence-corrected chi connectivity index (χ4v) is 0.220. The highest BCUT2D eigenvalue weighted by atomic mass is 14.7. The first-order chi connectivity index (χ1) is 3.72. The van der Waals surface area contributed by atoms with E-state index in [1.807, 2.05) is 6.07 Å². The SMILES string of the molecule is [C-]#[N+]C(C)C(C)C#N. The summed E-state index contributed by atoms with van der Waals surface area (Å²) in [5.74, 6) is -0.132. The molecule has 0 aromatic heterocycles. The van der Waals surface area contributed by atoms with Crippen molar-refractivity contribution in [3.63, 3.8) is 0 Å². The van der Waals surface area contributed by atoms with E-state index in [0.29, 0.717) is 0 Å². The van der Waals surface area contributed by atoms with Gasteiger partial charge in [0.05, 0.1) is 6.07 Å². The van der Waals surface area contributed by atoms with Crippen molar-refractivity contribution in [1.29, 1.82) is 5.26 Å². The molecule has 8 heavy (non-hydrogen) atoms. The monoisotopic (exact) mass is 108 g/mol. The van der Waals surface area contributed by atoms with E-state index in [1.165, 1.54) is 0 Å². The molecule has 0 aliphatic heterocycles. The highest BCUT2D eigenvalue weighted by Crippen LogP contribution is 2.02. The summed E-state index contributed by atoms with van der Waals surface area (Å²) in [4.78, 5) is 3.19. The molecule has 0 spiro atoms. The first-order valence-corrected chi connectivity index (χ1v) is 2.48. The lowest BCUT2D eigenvalue weighted by molar-refractivity contribution is 0.665. The molecule has 0 radical (unpaired) electrons. The van der Waals surface area contributed by atoms with Crippen LogP contribution in [0, 0.1) is 23.8 Å². The van der Waals surface area contributed by atoms with E-state index in [-0.39, 0.29) is 12.0 Å². The van der Waals surface area contributed by atoms with Gasteiger partial charge in [0.1, 0.15) is 5.92 Å². The van der Waals surface area contributed by atoms with Crippen LogP contribution in [0.25, 0.3) is 4.85 Å². The van der Waals surface area contributed by atoms with Crippen molar-refractivity contribution < 1.29 is 0 Å². The molecule has 2 heteroatoms. The Balaban J connectivity index is 3.72. The van der Waals surface area contributed by atoms with E-state index in [1.54, 1.807) is 13.8 Å². The van der Waals surface area contributed by atoms with Crippen LogP contribution in [-0.2, 0) is 0 Å². The fourth-order valence-electron chi connectivity index (χ4n) is 0.220. The number of hydrogen-bond donors (Lipinski definition) is 0. The molecule has 0 fully saturated rings. The smallest absolute Gasteiger partial charge is 0.236 e. The minimum atomic E-state index is -0.153. The van der Waals surface area contributed by atoms with Crippen LogP contribution in [0.15, 0.2) is 0 Å². The summed E-state index contributed by atoms with van der Waals surface area (Å²) in [7, 11) is 0. The lowest BCUT2D eigenvalue weighted by Gasteiger charge is -1.95. The van der Waals surface area contributed by atoms with Gasteiger partial charge in [0.15, 0.2) is 0 Å². The highest BCUT2D eigenvalue weighted by Gasteiger charge is 2.13. The summed E-state index contributed by atoms with van der Waals surface area (Å²) in [6, 6.07) is 1.85. The van der Waals surface area contributed by atoms with Crippen molar-refractivity contribution in [3.8, 4) is 6.07 Å². The predicted octanol–water partition coefficient (Wildman–Crippen LogP) is 1.45. The first kappa shape index (κ1) is 6.98. The minimum Gasteiger partial charge on any atom is -0.313 e.